The molecule has 0 aliphatic rings. The number of carboxylic acid groups (broad SMARTS) is 1. The van der Waals surface area contributed by atoms with Gasteiger partial charge in [-0.05, 0) is 20.3 Å². The van der Waals surface area contributed by atoms with E-state index in [4.69, 9.17) is 5.11 Å². The maximum absolute atomic E-state index is 11.6. The van der Waals surface area contributed by atoms with Crippen molar-refractivity contribution in [1.82, 2.24) is 20.2 Å². The lowest BCUT2D eigenvalue weighted by molar-refractivity contribution is -0.137. The number of imidazole rings is 1. The summed E-state index contributed by atoms with van der Waals surface area (Å²) >= 11 is 0. The third-order valence-corrected chi connectivity index (χ3v) is 2.59. The van der Waals surface area contributed by atoms with Gasteiger partial charge in [-0.3, -0.25) is 4.79 Å². The molecule has 106 valence electrons. The Bertz CT molecular complexity index is 405. The van der Waals surface area contributed by atoms with Crippen LogP contribution >= 0.6 is 0 Å². The zero-order chi connectivity index (χ0) is 14.3. The lowest BCUT2D eigenvalue weighted by Gasteiger charge is -2.18. The van der Waals surface area contributed by atoms with Gasteiger partial charge in [0.1, 0.15) is 0 Å². The van der Waals surface area contributed by atoms with Gasteiger partial charge >= 0.3 is 12.0 Å². The SMILES string of the molecule is CC(CCC(=O)O)NC(=O)NC(C)Cn1ccnc1. The molecule has 0 fully saturated rings. The Kier molecular flexibility index (Phi) is 5.84. The molecule has 1 rings (SSSR count). The molecule has 0 bridgehead atoms. The van der Waals surface area contributed by atoms with E-state index in [1.807, 2.05) is 17.7 Å². The summed E-state index contributed by atoms with van der Waals surface area (Å²) in [7, 11) is 0. The van der Waals surface area contributed by atoms with Gasteiger partial charge in [-0.15, -0.1) is 0 Å². The fraction of sp³-hybridized carbons (Fsp3) is 0.583. The van der Waals surface area contributed by atoms with Gasteiger partial charge in [0.15, 0.2) is 0 Å². The van der Waals surface area contributed by atoms with Crippen LogP contribution in [0, 0.1) is 0 Å². The summed E-state index contributed by atoms with van der Waals surface area (Å²) in [5, 5.41) is 14.0. The summed E-state index contributed by atoms with van der Waals surface area (Å²) in [6.45, 7) is 4.31. The smallest absolute Gasteiger partial charge is 0.315 e. The summed E-state index contributed by atoms with van der Waals surface area (Å²) in [5.41, 5.74) is 0. The van der Waals surface area contributed by atoms with Gasteiger partial charge in [0.05, 0.1) is 6.33 Å². The van der Waals surface area contributed by atoms with E-state index in [0.29, 0.717) is 13.0 Å². The van der Waals surface area contributed by atoms with E-state index in [9.17, 15) is 9.59 Å². The average molecular weight is 268 g/mol. The Hall–Kier alpha value is -2.05. The molecule has 2 amide bonds. The third-order valence-electron chi connectivity index (χ3n) is 2.59. The number of urea groups is 1. The van der Waals surface area contributed by atoms with Crippen LogP contribution in [0.5, 0.6) is 0 Å². The largest absolute Gasteiger partial charge is 0.481 e. The zero-order valence-electron chi connectivity index (χ0n) is 11.2. The summed E-state index contributed by atoms with van der Waals surface area (Å²) in [4.78, 5) is 26.0. The minimum atomic E-state index is -0.859. The molecule has 0 aromatic carbocycles. The van der Waals surface area contributed by atoms with Crippen LogP contribution in [0.25, 0.3) is 0 Å². The molecule has 7 heteroatoms. The first-order valence-corrected chi connectivity index (χ1v) is 6.22. The van der Waals surface area contributed by atoms with Crippen LogP contribution in [0.15, 0.2) is 18.7 Å². The second-order valence-corrected chi connectivity index (χ2v) is 4.61. The first-order valence-electron chi connectivity index (χ1n) is 6.22. The number of aliphatic carboxylic acids is 1. The molecule has 0 saturated heterocycles. The van der Waals surface area contributed by atoms with E-state index in [0.717, 1.165) is 0 Å². The van der Waals surface area contributed by atoms with Crippen molar-refractivity contribution in [2.24, 2.45) is 0 Å². The number of hydrogen-bond donors (Lipinski definition) is 3. The van der Waals surface area contributed by atoms with Crippen molar-refractivity contribution in [2.45, 2.75) is 45.3 Å². The van der Waals surface area contributed by atoms with Crippen molar-refractivity contribution in [2.75, 3.05) is 0 Å². The van der Waals surface area contributed by atoms with Crippen LogP contribution in [0.2, 0.25) is 0 Å². The maximum Gasteiger partial charge on any atom is 0.315 e. The fourth-order valence-electron chi connectivity index (χ4n) is 1.66. The van der Waals surface area contributed by atoms with Crippen LogP contribution in [-0.2, 0) is 11.3 Å². The summed E-state index contributed by atoms with van der Waals surface area (Å²) < 4.78 is 1.87. The molecule has 0 spiro atoms. The summed E-state index contributed by atoms with van der Waals surface area (Å²) in [5.74, 6) is -0.859. The van der Waals surface area contributed by atoms with Gasteiger partial charge in [0.2, 0.25) is 0 Å². The molecule has 0 radical (unpaired) electrons. The number of hydrogen-bond acceptors (Lipinski definition) is 3. The van der Waals surface area contributed by atoms with Crippen molar-refractivity contribution in [1.29, 1.82) is 0 Å². The van der Waals surface area contributed by atoms with Gasteiger partial charge in [-0.25, -0.2) is 9.78 Å². The molecule has 1 heterocycles. The van der Waals surface area contributed by atoms with Gasteiger partial charge in [-0.1, -0.05) is 0 Å². The Morgan fingerprint density at radius 1 is 1.32 bits per heavy atom. The molecule has 0 saturated carbocycles. The Balaban J connectivity index is 2.24. The molecular weight excluding hydrogens is 248 g/mol. The lowest BCUT2D eigenvalue weighted by atomic mass is 10.2. The fourth-order valence-corrected chi connectivity index (χ4v) is 1.66. The second-order valence-electron chi connectivity index (χ2n) is 4.61. The van der Waals surface area contributed by atoms with E-state index in [2.05, 4.69) is 15.6 Å². The van der Waals surface area contributed by atoms with Crippen molar-refractivity contribution >= 4 is 12.0 Å². The molecule has 0 aliphatic carbocycles. The van der Waals surface area contributed by atoms with Crippen LogP contribution in [-0.4, -0.2) is 38.7 Å². The third kappa shape index (κ3) is 6.44. The number of nitrogens with zero attached hydrogens (tertiary/aromatic N) is 2. The van der Waals surface area contributed by atoms with Crippen LogP contribution < -0.4 is 10.6 Å². The Labute approximate surface area is 112 Å². The van der Waals surface area contributed by atoms with E-state index in [-0.39, 0.29) is 24.5 Å². The van der Waals surface area contributed by atoms with Crippen LogP contribution in [0.3, 0.4) is 0 Å². The minimum absolute atomic E-state index is 0.0409. The van der Waals surface area contributed by atoms with Gasteiger partial charge in [-0.2, -0.15) is 0 Å². The van der Waals surface area contributed by atoms with E-state index >= 15 is 0 Å². The summed E-state index contributed by atoms with van der Waals surface area (Å²) in [6.07, 6.45) is 5.66. The van der Waals surface area contributed by atoms with Crippen LogP contribution in [0.4, 0.5) is 4.79 Å². The maximum atomic E-state index is 11.6. The van der Waals surface area contributed by atoms with Crippen LogP contribution in [0.1, 0.15) is 26.7 Å². The van der Waals surface area contributed by atoms with E-state index in [1.54, 1.807) is 19.4 Å². The number of carbonyl (C=O) groups excluding carboxylic acids is 1. The molecule has 0 aliphatic heterocycles. The van der Waals surface area contributed by atoms with Crippen molar-refractivity contribution in [3.63, 3.8) is 0 Å². The second kappa shape index (κ2) is 7.40. The molecule has 2 unspecified atom stereocenters. The molecule has 1 aromatic heterocycles. The van der Waals surface area contributed by atoms with E-state index < -0.39 is 5.97 Å². The standard InChI is InChI=1S/C12H20N4O3/c1-9(3-4-11(17)18)14-12(19)15-10(2)7-16-6-5-13-8-16/h5-6,8-10H,3-4,7H2,1-2H3,(H,17,18)(H2,14,15,19). The minimum Gasteiger partial charge on any atom is -0.481 e. The number of aromatic nitrogens is 2. The highest BCUT2D eigenvalue weighted by Gasteiger charge is 2.11. The zero-order valence-corrected chi connectivity index (χ0v) is 11.2. The average Bonchev–Trinajstić information content (AvgIpc) is 2.78. The number of rotatable bonds is 7. The molecule has 1 aromatic rings. The normalized spacial score (nSPS) is 13.6. The Morgan fingerprint density at radius 3 is 2.58 bits per heavy atom. The van der Waals surface area contributed by atoms with Gasteiger partial charge < -0.3 is 20.3 Å². The predicted octanol–water partition coefficient (Wildman–Crippen LogP) is 0.824. The van der Waals surface area contributed by atoms with Gasteiger partial charge in [0.25, 0.3) is 0 Å². The number of nitrogens with one attached hydrogen (secondary N) is 2. The highest BCUT2D eigenvalue weighted by atomic mass is 16.4. The highest BCUT2D eigenvalue weighted by molar-refractivity contribution is 5.74. The quantitative estimate of drug-likeness (QED) is 0.682. The molecule has 7 nitrogen and oxygen atoms in total. The predicted molar refractivity (Wildman–Crippen MR) is 69.7 cm³/mol. The van der Waals surface area contributed by atoms with Crippen molar-refractivity contribution < 1.29 is 14.7 Å². The first-order chi connectivity index (χ1) is 8.97. The Morgan fingerprint density at radius 2 is 2.00 bits per heavy atom. The summed E-state index contributed by atoms with van der Waals surface area (Å²) in [6, 6.07) is -0.497. The molecular formula is C12H20N4O3. The van der Waals surface area contributed by atoms with E-state index in [1.165, 1.54) is 0 Å². The van der Waals surface area contributed by atoms with Gasteiger partial charge in [0, 0.05) is 37.4 Å². The lowest BCUT2D eigenvalue weighted by Crippen LogP contribution is -2.45. The number of carbonyl (C=O) groups is 2. The van der Waals surface area contributed by atoms with Crippen molar-refractivity contribution in [3.05, 3.63) is 18.7 Å². The monoisotopic (exact) mass is 268 g/mol. The highest BCUT2D eigenvalue weighted by Crippen LogP contribution is 1.97. The molecule has 19 heavy (non-hydrogen) atoms. The van der Waals surface area contributed by atoms with Crippen molar-refractivity contribution in [3.8, 4) is 0 Å². The topological polar surface area (TPSA) is 96.3 Å². The number of amides is 2. The number of carboxylic acids is 1. The first kappa shape index (κ1) is 15.0. The molecule has 3 N–H and O–H groups in total. The molecule has 2 atom stereocenters.